The summed E-state index contributed by atoms with van der Waals surface area (Å²) in [5.74, 6) is 1.37. The maximum absolute atomic E-state index is 14.4. The maximum Gasteiger partial charge on any atom is 0.254 e. The highest BCUT2D eigenvalue weighted by Crippen LogP contribution is 2.47. The van der Waals surface area contributed by atoms with Crippen LogP contribution in [0.5, 0.6) is 17.2 Å². The van der Waals surface area contributed by atoms with Crippen molar-refractivity contribution < 1.29 is 19.0 Å². The van der Waals surface area contributed by atoms with E-state index in [9.17, 15) is 4.79 Å². The fourth-order valence-corrected chi connectivity index (χ4v) is 7.30. The summed E-state index contributed by atoms with van der Waals surface area (Å²) < 4.78 is 17.7. The highest BCUT2D eigenvalue weighted by atomic mass is 16.7. The molecule has 8 heteroatoms. The number of fused-ring (bicyclic) bond motifs is 3. The minimum atomic E-state index is -0.828. The molecule has 8 nitrogen and oxygen atoms in total. The van der Waals surface area contributed by atoms with Crippen molar-refractivity contribution in [1.82, 2.24) is 15.1 Å². The van der Waals surface area contributed by atoms with Gasteiger partial charge in [-0.15, -0.1) is 0 Å². The normalized spacial score (nSPS) is 25.5. The predicted octanol–water partition coefficient (Wildman–Crippen LogP) is 6.98. The summed E-state index contributed by atoms with van der Waals surface area (Å²) in [6.07, 6.45) is 19.2. The molecule has 4 heterocycles. The number of hydrogen-bond donors (Lipinski definition) is 1. The summed E-state index contributed by atoms with van der Waals surface area (Å²) in [6, 6.07) is 5.23. The van der Waals surface area contributed by atoms with Gasteiger partial charge in [0.05, 0.1) is 19.4 Å². The predicted molar refractivity (Wildman–Crippen MR) is 188 cm³/mol. The van der Waals surface area contributed by atoms with Crippen molar-refractivity contribution in [3.05, 3.63) is 66.3 Å². The number of nitrogens with zero attached hydrogens (tertiary/aromatic N) is 3. The first-order chi connectivity index (χ1) is 22.2. The SMILES string of the molecule is C=C/C=C(\C=C/C)/C=C\C(CN(C[C@@H]1CCCN1CC1CC2CCC(C1)N2)C(=O)c1cc(OC)c2c(c1)OC(C)(C)O2)=NC.CC. The van der Waals surface area contributed by atoms with Crippen LogP contribution in [0.3, 0.4) is 0 Å². The second-order valence-electron chi connectivity index (χ2n) is 13.0. The molecule has 1 aromatic rings. The minimum absolute atomic E-state index is 0.0731. The number of ether oxygens (including phenoxy) is 3. The zero-order valence-electron chi connectivity index (χ0n) is 29.2. The number of hydrogen-bond acceptors (Lipinski definition) is 7. The van der Waals surface area contributed by atoms with E-state index < -0.39 is 5.79 Å². The third kappa shape index (κ3) is 8.91. The fourth-order valence-electron chi connectivity index (χ4n) is 7.30. The Morgan fingerprint density at radius 3 is 2.54 bits per heavy atom. The lowest BCUT2D eigenvalue weighted by atomic mass is 9.91. The Morgan fingerprint density at radius 2 is 1.89 bits per heavy atom. The highest BCUT2D eigenvalue weighted by molar-refractivity contribution is 6.02. The largest absolute Gasteiger partial charge is 0.493 e. The van der Waals surface area contributed by atoms with Crippen LogP contribution in [-0.2, 0) is 0 Å². The first-order valence-corrected chi connectivity index (χ1v) is 17.2. The summed E-state index contributed by atoms with van der Waals surface area (Å²) in [6.45, 7) is 16.8. The number of rotatable bonds is 12. The fraction of sp³-hybridized carbons (Fsp3) is 0.579. The number of amides is 1. The molecule has 3 atom stereocenters. The van der Waals surface area contributed by atoms with Gasteiger partial charge in [0.1, 0.15) is 0 Å². The van der Waals surface area contributed by atoms with Gasteiger partial charge in [0.15, 0.2) is 11.5 Å². The third-order valence-corrected chi connectivity index (χ3v) is 9.25. The molecule has 46 heavy (non-hydrogen) atoms. The topological polar surface area (TPSA) is 75.6 Å². The molecule has 2 bridgehead atoms. The Labute approximate surface area is 277 Å². The Kier molecular flexibility index (Phi) is 12.7. The van der Waals surface area contributed by atoms with E-state index >= 15 is 0 Å². The molecule has 0 radical (unpaired) electrons. The van der Waals surface area contributed by atoms with Crippen LogP contribution >= 0.6 is 0 Å². The molecule has 1 N–H and O–H groups in total. The zero-order chi connectivity index (χ0) is 33.3. The van der Waals surface area contributed by atoms with E-state index in [1.54, 1.807) is 32.4 Å². The van der Waals surface area contributed by atoms with Gasteiger partial charge in [0.25, 0.3) is 5.91 Å². The summed E-state index contributed by atoms with van der Waals surface area (Å²) in [7, 11) is 3.37. The van der Waals surface area contributed by atoms with Crippen molar-refractivity contribution in [1.29, 1.82) is 0 Å². The first kappa shape index (κ1) is 35.5. The number of likely N-dealkylation sites (tertiary alicyclic amines) is 1. The molecule has 0 saturated carbocycles. The van der Waals surface area contributed by atoms with Gasteiger partial charge in [-0.25, -0.2) is 0 Å². The quantitative estimate of drug-likeness (QED) is 0.198. The first-order valence-electron chi connectivity index (χ1n) is 17.2. The summed E-state index contributed by atoms with van der Waals surface area (Å²) in [5, 5.41) is 3.78. The van der Waals surface area contributed by atoms with Gasteiger partial charge >= 0.3 is 0 Å². The van der Waals surface area contributed by atoms with Gasteiger partial charge < -0.3 is 24.4 Å². The molecular formula is C38H56N4O4. The van der Waals surface area contributed by atoms with Crippen molar-refractivity contribution in [3.63, 3.8) is 0 Å². The molecule has 3 saturated heterocycles. The lowest BCUT2D eigenvalue weighted by Gasteiger charge is -2.36. The number of methoxy groups -OCH3 is 1. The van der Waals surface area contributed by atoms with E-state index in [0.29, 0.717) is 54.0 Å². The molecule has 0 spiro atoms. The Hall–Kier alpha value is -3.36. The van der Waals surface area contributed by atoms with Crippen molar-refractivity contribution >= 4 is 11.6 Å². The number of benzene rings is 1. The van der Waals surface area contributed by atoms with Crippen molar-refractivity contribution in [2.24, 2.45) is 10.9 Å². The Bertz CT molecular complexity index is 1320. The lowest BCUT2D eigenvalue weighted by molar-refractivity contribution is -0.0439. The molecule has 252 valence electrons. The van der Waals surface area contributed by atoms with E-state index in [1.165, 1.54) is 25.7 Å². The van der Waals surface area contributed by atoms with Crippen LogP contribution in [0.1, 0.15) is 83.5 Å². The molecule has 3 fully saturated rings. The third-order valence-electron chi connectivity index (χ3n) is 9.25. The molecule has 1 aromatic carbocycles. The second-order valence-corrected chi connectivity index (χ2v) is 13.0. The van der Waals surface area contributed by atoms with E-state index in [-0.39, 0.29) is 5.91 Å². The monoisotopic (exact) mass is 632 g/mol. The van der Waals surface area contributed by atoms with Crippen LogP contribution in [0.4, 0.5) is 0 Å². The van der Waals surface area contributed by atoms with Gasteiger partial charge in [-0.2, -0.15) is 0 Å². The molecular weight excluding hydrogens is 576 g/mol. The molecule has 1 amide bonds. The summed E-state index contributed by atoms with van der Waals surface area (Å²) >= 11 is 0. The Morgan fingerprint density at radius 1 is 1.15 bits per heavy atom. The number of nitrogens with one attached hydrogen (secondary N) is 1. The van der Waals surface area contributed by atoms with Crippen LogP contribution in [0.2, 0.25) is 0 Å². The smallest absolute Gasteiger partial charge is 0.254 e. The zero-order valence-corrected chi connectivity index (χ0v) is 29.2. The molecule has 4 aliphatic heterocycles. The average Bonchev–Trinajstić information content (AvgIpc) is 3.73. The number of aliphatic imine (C=N–C) groups is 1. The Balaban J connectivity index is 0.00000235. The van der Waals surface area contributed by atoms with Gasteiger partial charge in [-0.3, -0.25) is 14.7 Å². The van der Waals surface area contributed by atoms with E-state index in [4.69, 9.17) is 14.2 Å². The number of carbonyl (C=O) groups excluding carboxylic acids is 1. The van der Waals surface area contributed by atoms with Crippen LogP contribution in [-0.4, -0.2) is 85.7 Å². The number of carbonyl (C=O) groups is 1. The van der Waals surface area contributed by atoms with Gasteiger partial charge in [0.2, 0.25) is 11.5 Å². The van der Waals surface area contributed by atoms with Gasteiger partial charge in [-0.1, -0.05) is 50.8 Å². The second kappa shape index (κ2) is 16.5. The summed E-state index contributed by atoms with van der Waals surface area (Å²) in [5.41, 5.74) is 2.36. The molecule has 2 unspecified atom stereocenters. The number of piperidine rings is 1. The van der Waals surface area contributed by atoms with E-state index in [0.717, 1.165) is 43.1 Å². The van der Waals surface area contributed by atoms with Crippen molar-refractivity contribution in [3.8, 4) is 17.2 Å². The van der Waals surface area contributed by atoms with Crippen LogP contribution in [0, 0.1) is 5.92 Å². The van der Waals surface area contributed by atoms with Crippen molar-refractivity contribution in [2.75, 3.05) is 40.3 Å². The van der Waals surface area contributed by atoms with Crippen molar-refractivity contribution in [2.45, 2.75) is 97.1 Å². The minimum Gasteiger partial charge on any atom is -0.493 e. The lowest BCUT2D eigenvalue weighted by Crippen LogP contribution is -2.48. The molecule has 4 aliphatic rings. The average molecular weight is 633 g/mol. The standard InChI is InChI=1S/C36H50N4O4.C2H6/c1-7-10-25(11-8-2)13-14-30(37-5)23-40(35(41)27-20-32(42-6)34-33(21-27)43-36(3,4)44-34)24-31-12-9-17-39(31)22-26-18-28-15-16-29(19-26)38-28;1-2/h7-8,10-11,13-14,20-21,26,28-29,31,38H,1,9,12,15-19,22-24H2,2-6H3;1-2H3/b11-8-,14-13-,25-10+,37-30?;/t26?,28?,29?,31-;/m0./s1. The maximum atomic E-state index is 14.4. The number of allylic oxidation sites excluding steroid dienone is 6. The molecule has 0 aromatic heterocycles. The van der Waals surface area contributed by atoms with Gasteiger partial charge in [-0.05, 0) is 81.7 Å². The summed E-state index contributed by atoms with van der Waals surface area (Å²) in [4.78, 5) is 23.6. The highest BCUT2D eigenvalue weighted by Gasteiger charge is 2.38. The van der Waals surface area contributed by atoms with Crippen LogP contribution < -0.4 is 19.5 Å². The van der Waals surface area contributed by atoms with E-state index in [2.05, 4.69) is 21.8 Å². The molecule has 0 aliphatic carbocycles. The van der Waals surface area contributed by atoms with Crippen LogP contribution in [0.25, 0.3) is 0 Å². The van der Waals surface area contributed by atoms with E-state index in [1.807, 2.05) is 69.9 Å². The van der Waals surface area contributed by atoms with Crippen LogP contribution in [0.15, 0.2) is 65.7 Å². The van der Waals surface area contributed by atoms with Gasteiger partial charge in [0, 0.05) is 57.7 Å². The molecule has 5 rings (SSSR count).